The number of nitrogens with one attached hydrogen (secondary N) is 1. The number of rotatable bonds is 10. The van der Waals surface area contributed by atoms with Gasteiger partial charge in [-0.3, -0.25) is 9.78 Å². The number of methoxy groups -OCH3 is 1. The van der Waals surface area contributed by atoms with Gasteiger partial charge < -0.3 is 15.0 Å². The summed E-state index contributed by atoms with van der Waals surface area (Å²) in [6.07, 6.45) is 4.99. The maximum atomic E-state index is 12.2. The fourth-order valence-corrected chi connectivity index (χ4v) is 2.11. The molecule has 0 aliphatic rings. The Morgan fingerprint density at radius 1 is 1.29 bits per heavy atom. The smallest absolute Gasteiger partial charge is 0.272 e. The number of hydrogen-bond acceptors (Lipinski definition) is 4. The van der Waals surface area contributed by atoms with E-state index in [0.29, 0.717) is 18.8 Å². The Morgan fingerprint density at radius 2 is 2.05 bits per heavy atom. The van der Waals surface area contributed by atoms with E-state index >= 15 is 0 Å². The molecule has 21 heavy (non-hydrogen) atoms. The first-order chi connectivity index (χ1) is 10.2. The van der Waals surface area contributed by atoms with Crippen molar-refractivity contribution in [2.75, 3.05) is 38.7 Å². The van der Waals surface area contributed by atoms with Crippen molar-refractivity contribution in [2.45, 2.75) is 33.1 Å². The van der Waals surface area contributed by atoms with Crippen molar-refractivity contribution in [1.82, 2.24) is 9.88 Å². The first-order valence-electron chi connectivity index (χ1n) is 7.71. The van der Waals surface area contributed by atoms with Crippen LogP contribution < -0.4 is 5.32 Å². The van der Waals surface area contributed by atoms with E-state index < -0.39 is 0 Å². The molecule has 0 bridgehead atoms. The van der Waals surface area contributed by atoms with Gasteiger partial charge in [0.25, 0.3) is 5.91 Å². The maximum absolute atomic E-state index is 12.2. The third-order valence-corrected chi connectivity index (χ3v) is 3.38. The van der Waals surface area contributed by atoms with E-state index in [0.717, 1.165) is 38.1 Å². The van der Waals surface area contributed by atoms with Gasteiger partial charge in [-0.15, -0.1) is 0 Å². The predicted molar refractivity (Wildman–Crippen MR) is 85.7 cm³/mol. The highest BCUT2D eigenvalue weighted by molar-refractivity contribution is 5.93. The van der Waals surface area contributed by atoms with Gasteiger partial charge in [0.2, 0.25) is 0 Å². The van der Waals surface area contributed by atoms with E-state index in [1.54, 1.807) is 18.2 Å². The number of anilines is 1. The first kappa shape index (κ1) is 17.4. The number of aromatic nitrogens is 1. The molecule has 1 aromatic heterocycles. The molecule has 5 heteroatoms. The van der Waals surface area contributed by atoms with Gasteiger partial charge in [0.1, 0.15) is 5.69 Å². The fourth-order valence-electron chi connectivity index (χ4n) is 2.11. The average Bonchev–Trinajstić information content (AvgIpc) is 2.52. The van der Waals surface area contributed by atoms with E-state index in [1.807, 2.05) is 26.0 Å². The van der Waals surface area contributed by atoms with Crippen molar-refractivity contribution >= 4 is 11.6 Å². The highest BCUT2D eigenvalue weighted by Gasteiger charge is 2.13. The quantitative estimate of drug-likeness (QED) is 0.674. The molecule has 0 radical (unpaired) electrons. The number of amides is 1. The van der Waals surface area contributed by atoms with Gasteiger partial charge in [0, 0.05) is 45.2 Å². The summed E-state index contributed by atoms with van der Waals surface area (Å²) in [5, 5.41) is 3.34. The largest absolute Gasteiger partial charge is 0.385 e. The Hall–Kier alpha value is -1.62. The normalized spacial score (nSPS) is 10.4. The van der Waals surface area contributed by atoms with Gasteiger partial charge in [-0.25, -0.2) is 0 Å². The molecule has 0 atom stereocenters. The standard InChI is InChI=1S/C16H27N3O2/c1-4-19(5-2)16(20)15-13-14(9-11-18-15)17-10-7-6-8-12-21-3/h9,11,13H,4-8,10,12H2,1-3H3,(H,17,18). The number of ether oxygens (including phenoxy) is 1. The Bertz CT molecular complexity index is 420. The summed E-state index contributed by atoms with van der Waals surface area (Å²) in [5.41, 5.74) is 1.45. The van der Waals surface area contributed by atoms with Crippen molar-refractivity contribution in [3.8, 4) is 0 Å². The summed E-state index contributed by atoms with van der Waals surface area (Å²) < 4.78 is 5.02. The molecule has 0 unspecified atom stereocenters. The minimum atomic E-state index is -0.0104. The second kappa shape index (κ2) is 10.2. The summed E-state index contributed by atoms with van der Waals surface area (Å²) in [4.78, 5) is 18.2. The molecule has 5 nitrogen and oxygen atoms in total. The molecule has 0 fully saturated rings. The Kier molecular flexibility index (Phi) is 8.43. The van der Waals surface area contributed by atoms with E-state index in [1.165, 1.54) is 0 Å². The third kappa shape index (κ3) is 6.12. The van der Waals surface area contributed by atoms with Crippen LogP contribution in [0.1, 0.15) is 43.6 Å². The number of nitrogens with zero attached hydrogens (tertiary/aromatic N) is 2. The highest BCUT2D eigenvalue weighted by atomic mass is 16.5. The van der Waals surface area contributed by atoms with Gasteiger partial charge in [0.15, 0.2) is 0 Å². The van der Waals surface area contributed by atoms with Gasteiger partial charge in [-0.1, -0.05) is 0 Å². The van der Waals surface area contributed by atoms with Crippen molar-refractivity contribution < 1.29 is 9.53 Å². The van der Waals surface area contributed by atoms with Crippen LogP contribution in [0.4, 0.5) is 5.69 Å². The van der Waals surface area contributed by atoms with Crippen LogP contribution >= 0.6 is 0 Å². The lowest BCUT2D eigenvalue weighted by molar-refractivity contribution is 0.0767. The lowest BCUT2D eigenvalue weighted by Gasteiger charge is -2.18. The van der Waals surface area contributed by atoms with Crippen LogP contribution in [0.15, 0.2) is 18.3 Å². The van der Waals surface area contributed by atoms with Crippen LogP contribution in [0.5, 0.6) is 0 Å². The summed E-state index contributed by atoms with van der Waals surface area (Å²) in [6.45, 7) is 7.07. The van der Waals surface area contributed by atoms with E-state index in [-0.39, 0.29) is 5.91 Å². The zero-order valence-electron chi connectivity index (χ0n) is 13.4. The molecule has 0 aromatic carbocycles. The van der Waals surface area contributed by atoms with Crippen molar-refractivity contribution in [2.24, 2.45) is 0 Å². The van der Waals surface area contributed by atoms with Gasteiger partial charge >= 0.3 is 0 Å². The molecule has 0 aliphatic carbocycles. The first-order valence-corrected chi connectivity index (χ1v) is 7.71. The van der Waals surface area contributed by atoms with Crippen molar-refractivity contribution in [1.29, 1.82) is 0 Å². The molecular weight excluding hydrogens is 266 g/mol. The van der Waals surface area contributed by atoms with Gasteiger partial charge in [-0.05, 0) is 45.2 Å². The lowest BCUT2D eigenvalue weighted by Crippen LogP contribution is -2.31. The van der Waals surface area contributed by atoms with Crippen LogP contribution in [0.2, 0.25) is 0 Å². The van der Waals surface area contributed by atoms with E-state index in [9.17, 15) is 4.79 Å². The Morgan fingerprint density at radius 3 is 2.71 bits per heavy atom. The monoisotopic (exact) mass is 293 g/mol. The zero-order valence-corrected chi connectivity index (χ0v) is 13.4. The van der Waals surface area contributed by atoms with E-state index in [4.69, 9.17) is 4.74 Å². The minimum Gasteiger partial charge on any atom is -0.385 e. The highest BCUT2D eigenvalue weighted by Crippen LogP contribution is 2.10. The van der Waals surface area contributed by atoms with Crippen LogP contribution in [-0.4, -0.2) is 49.1 Å². The summed E-state index contributed by atoms with van der Waals surface area (Å²) in [7, 11) is 1.73. The lowest BCUT2D eigenvalue weighted by atomic mass is 10.2. The molecule has 1 heterocycles. The average molecular weight is 293 g/mol. The van der Waals surface area contributed by atoms with Crippen molar-refractivity contribution in [3.05, 3.63) is 24.0 Å². The summed E-state index contributed by atoms with van der Waals surface area (Å²) in [6, 6.07) is 3.73. The molecule has 1 aromatic rings. The second-order valence-corrected chi connectivity index (χ2v) is 4.89. The molecule has 0 saturated heterocycles. The van der Waals surface area contributed by atoms with Crippen LogP contribution in [-0.2, 0) is 4.74 Å². The van der Waals surface area contributed by atoms with Gasteiger partial charge in [-0.2, -0.15) is 0 Å². The molecule has 118 valence electrons. The second-order valence-electron chi connectivity index (χ2n) is 4.89. The number of pyridine rings is 1. The molecule has 1 rings (SSSR count). The van der Waals surface area contributed by atoms with Crippen molar-refractivity contribution in [3.63, 3.8) is 0 Å². The van der Waals surface area contributed by atoms with Crippen LogP contribution in [0.25, 0.3) is 0 Å². The molecule has 1 N–H and O–H groups in total. The molecule has 0 saturated carbocycles. The molecule has 0 aliphatic heterocycles. The minimum absolute atomic E-state index is 0.0104. The molecule has 1 amide bonds. The predicted octanol–water partition coefficient (Wildman–Crippen LogP) is 2.79. The fraction of sp³-hybridized carbons (Fsp3) is 0.625. The molecule has 0 spiro atoms. The Labute approximate surface area is 127 Å². The topological polar surface area (TPSA) is 54.5 Å². The molecular formula is C16H27N3O2. The van der Waals surface area contributed by atoms with Crippen LogP contribution in [0.3, 0.4) is 0 Å². The number of unbranched alkanes of at least 4 members (excludes halogenated alkanes) is 2. The Balaban J connectivity index is 2.47. The third-order valence-electron chi connectivity index (χ3n) is 3.38. The maximum Gasteiger partial charge on any atom is 0.272 e. The van der Waals surface area contributed by atoms with Gasteiger partial charge in [0.05, 0.1) is 0 Å². The number of carbonyl (C=O) groups excluding carboxylic acids is 1. The number of hydrogen-bond donors (Lipinski definition) is 1. The summed E-state index contributed by atoms with van der Waals surface area (Å²) in [5.74, 6) is -0.0104. The summed E-state index contributed by atoms with van der Waals surface area (Å²) >= 11 is 0. The zero-order chi connectivity index (χ0) is 15.5. The van der Waals surface area contributed by atoms with Crippen LogP contribution in [0, 0.1) is 0 Å². The van der Waals surface area contributed by atoms with E-state index in [2.05, 4.69) is 10.3 Å². The SMILES string of the molecule is CCN(CC)C(=O)c1cc(NCCCCCOC)ccn1. The number of carbonyl (C=O) groups is 1.